The molecule has 0 bridgehead atoms. The van der Waals surface area contributed by atoms with Gasteiger partial charge in [0.15, 0.2) is 0 Å². The second-order valence-corrected chi connectivity index (χ2v) is 5.41. The summed E-state index contributed by atoms with van der Waals surface area (Å²) in [6.07, 6.45) is 5.78. The van der Waals surface area contributed by atoms with Crippen LogP contribution in [-0.4, -0.2) is 6.04 Å². The van der Waals surface area contributed by atoms with Gasteiger partial charge < -0.3 is 9.73 Å². The van der Waals surface area contributed by atoms with Gasteiger partial charge in [0.2, 0.25) is 0 Å². The molecule has 1 N–H and O–H groups in total. The summed E-state index contributed by atoms with van der Waals surface area (Å²) in [7, 11) is 0. The molecule has 90 valence electrons. The van der Waals surface area contributed by atoms with Gasteiger partial charge in [0.25, 0.3) is 0 Å². The highest BCUT2D eigenvalue weighted by Gasteiger charge is 2.26. The molecule has 4 atom stereocenters. The molecule has 0 amide bonds. The van der Waals surface area contributed by atoms with Crippen LogP contribution in [0.3, 0.4) is 0 Å². The Morgan fingerprint density at radius 3 is 2.88 bits per heavy atom. The zero-order valence-corrected chi connectivity index (χ0v) is 10.6. The number of rotatable bonds is 3. The third-order valence-electron chi connectivity index (χ3n) is 3.89. The maximum absolute atomic E-state index is 5.44. The Morgan fingerprint density at radius 2 is 2.19 bits per heavy atom. The fourth-order valence-corrected chi connectivity index (χ4v) is 2.71. The monoisotopic (exact) mass is 221 g/mol. The van der Waals surface area contributed by atoms with Gasteiger partial charge in [0.1, 0.15) is 5.76 Å². The molecule has 0 radical (unpaired) electrons. The highest BCUT2D eigenvalue weighted by molar-refractivity contribution is 5.03. The SMILES string of the molecule is CC1CCC(C)C(NC(C)c2ccco2)C1. The van der Waals surface area contributed by atoms with Crippen molar-refractivity contribution in [3.63, 3.8) is 0 Å². The number of furan rings is 1. The summed E-state index contributed by atoms with van der Waals surface area (Å²) in [4.78, 5) is 0. The molecular weight excluding hydrogens is 198 g/mol. The van der Waals surface area contributed by atoms with Gasteiger partial charge in [0, 0.05) is 6.04 Å². The third kappa shape index (κ3) is 2.67. The normalized spacial score (nSPS) is 32.6. The smallest absolute Gasteiger partial charge is 0.120 e. The lowest BCUT2D eigenvalue weighted by atomic mass is 9.80. The molecule has 1 aromatic heterocycles. The fourth-order valence-electron chi connectivity index (χ4n) is 2.71. The standard InChI is InChI=1S/C14H23NO/c1-10-6-7-11(2)13(9-10)15-12(3)14-5-4-8-16-14/h4-5,8,10-13,15H,6-7,9H2,1-3H3. The van der Waals surface area contributed by atoms with E-state index in [0.29, 0.717) is 12.1 Å². The molecule has 1 heterocycles. The molecule has 0 aromatic carbocycles. The molecular formula is C14H23NO. The van der Waals surface area contributed by atoms with Gasteiger partial charge in [-0.05, 0) is 43.7 Å². The lowest BCUT2D eigenvalue weighted by Gasteiger charge is -2.35. The van der Waals surface area contributed by atoms with E-state index in [1.54, 1.807) is 6.26 Å². The zero-order chi connectivity index (χ0) is 11.5. The first-order valence-electron chi connectivity index (χ1n) is 6.46. The lowest BCUT2D eigenvalue weighted by Crippen LogP contribution is -2.40. The molecule has 1 aromatic rings. The van der Waals surface area contributed by atoms with Crippen LogP contribution in [0.2, 0.25) is 0 Å². The van der Waals surface area contributed by atoms with Crippen molar-refractivity contribution in [1.29, 1.82) is 0 Å². The van der Waals surface area contributed by atoms with Crippen LogP contribution in [0.25, 0.3) is 0 Å². The average molecular weight is 221 g/mol. The summed E-state index contributed by atoms with van der Waals surface area (Å²) in [6.45, 7) is 6.90. The van der Waals surface area contributed by atoms with Crippen LogP contribution in [-0.2, 0) is 0 Å². The van der Waals surface area contributed by atoms with Gasteiger partial charge in [0.05, 0.1) is 12.3 Å². The van der Waals surface area contributed by atoms with E-state index in [4.69, 9.17) is 4.42 Å². The van der Waals surface area contributed by atoms with E-state index in [1.807, 2.05) is 6.07 Å². The highest BCUT2D eigenvalue weighted by Crippen LogP contribution is 2.30. The van der Waals surface area contributed by atoms with Gasteiger partial charge in [-0.15, -0.1) is 0 Å². The van der Waals surface area contributed by atoms with E-state index >= 15 is 0 Å². The topological polar surface area (TPSA) is 25.2 Å². The molecule has 1 aliphatic rings. The molecule has 1 saturated carbocycles. The first-order valence-corrected chi connectivity index (χ1v) is 6.46. The van der Waals surface area contributed by atoms with Crippen molar-refractivity contribution in [3.8, 4) is 0 Å². The van der Waals surface area contributed by atoms with Crippen molar-refractivity contribution < 1.29 is 4.42 Å². The molecule has 2 heteroatoms. The molecule has 0 saturated heterocycles. The van der Waals surface area contributed by atoms with Gasteiger partial charge in [-0.25, -0.2) is 0 Å². The van der Waals surface area contributed by atoms with Crippen molar-refractivity contribution in [1.82, 2.24) is 5.32 Å². The molecule has 1 fully saturated rings. The Morgan fingerprint density at radius 1 is 1.38 bits per heavy atom. The van der Waals surface area contributed by atoms with Gasteiger partial charge in [-0.1, -0.05) is 20.3 Å². The van der Waals surface area contributed by atoms with Crippen LogP contribution in [0.5, 0.6) is 0 Å². The lowest BCUT2D eigenvalue weighted by molar-refractivity contribution is 0.210. The first-order chi connectivity index (χ1) is 7.66. The molecule has 1 aliphatic carbocycles. The van der Waals surface area contributed by atoms with Crippen molar-refractivity contribution in [3.05, 3.63) is 24.2 Å². The summed E-state index contributed by atoms with van der Waals surface area (Å²) in [5.41, 5.74) is 0. The maximum Gasteiger partial charge on any atom is 0.120 e. The van der Waals surface area contributed by atoms with Crippen LogP contribution in [0.1, 0.15) is 51.8 Å². The molecule has 2 rings (SSSR count). The van der Waals surface area contributed by atoms with Crippen LogP contribution in [0, 0.1) is 11.8 Å². The van der Waals surface area contributed by atoms with Crippen LogP contribution < -0.4 is 5.32 Å². The average Bonchev–Trinajstić information content (AvgIpc) is 2.76. The third-order valence-corrected chi connectivity index (χ3v) is 3.89. The minimum atomic E-state index is 0.327. The highest BCUT2D eigenvalue weighted by atomic mass is 16.3. The van der Waals surface area contributed by atoms with Crippen LogP contribution >= 0.6 is 0 Å². The Kier molecular flexibility index (Phi) is 3.70. The minimum Gasteiger partial charge on any atom is -0.468 e. The molecule has 0 spiro atoms. The van der Waals surface area contributed by atoms with Crippen molar-refractivity contribution >= 4 is 0 Å². The predicted octanol–water partition coefficient (Wildman–Crippen LogP) is 3.75. The van der Waals surface area contributed by atoms with Crippen molar-refractivity contribution in [2.45, 2.75) is 52.1 Å². The fraction of sp³-hybridized carbons (Fsp3) is 0.714. The van der Waals surface area contributed by atoms with Gasteiger partial charge >= 0.3 is 0 Å². The predicted molar refractivity (Wildman–Crippen MR) is 66.2 cm³/mol. The van der Waals surface area contributed by atoms with Gasteiger partial charge in [-0.3, -0.25) is 0 Å². The van der Waals surface area contributed by atoms with E-state index < -0.39 is 0 Å². The van der Waals surface area contributed by atoms with E-state index in [9.17, 15) is 0 Å². The molecule has 4 unspecified atom stereocenters. The summed E-state index contributed by atoms with van der Waals surface area (Å²) in [5.74, 6) is 2.69. The minimum absolute atomic E-state index is 0.327. The molecule has 16 heavy (non-hydrogen) atoms. The molecule has 0 aliphatic heterocycles. The number of hydrogen-bond acceptors (Lipinski definition) is 2. The number of nitrogens with one attached hydrogen (secondary N) is 1. The van der Waals surface area contributed by atoms with E-state index in [1.165, 1.54) is 19.3 Å². The van der Waals surface area contributed by atoms with Crippen LogP contribution in [0.4, 0.5) is 0 Å². The van der Waals surface area contributed by atoms with E-state index in [0.717, 1.165) is 17.6 Å². The second-order valence-electron chi connectivity index (χ2n) is 5.41. The first kappa shape index (κ1) is 11.7. The number of hydrogen-bond donors (Lipinski definition) is 1. The Hall–Kier alpha value is -0.760. The zero-order valence-electron chi connectivity index (χ0n) is 10.6. The Balaban J connectivity index is 1.93. The summed E-state index contributed by atoms with van der Waals surface area (Å²) in [5, 5.41) is 3.71. The maximum atomic E-state index is 5.44. The summed E-state index contributed by atoms with van der Waals surface area (Å²) >= 11 is 0. The summed E-state index contributed by atoms with van der Waals surface area (Å²) < 4.78 is 5.44. The van der Waals surface area contributed by atoms with E-state index in [2.05, 4.69) is 32.2 Å². The van der Waals surface area contributed by atoms with E-state index in [-0.39, 0.29) is 0 Å². The largest absolute Gasteiger partial charge is 0.468 e. The Bertz CT molecular complexity index is 307. The Labute approximate surface area is 98.4 Å². The van der Waals surface area contributed by atoms with Crippen molar-refractivity contribution in [2.24, 2.45) is 11.8 Å². The second kappa shape index (κ2) is 5.05. The van der Waals surface area contributed by atoms with Gasteiger partial charge in [-0.2, -0.15) is 0 Å². The molecule has 2 nitrogen and oxygen atoms in total. The van der Waals surface area contributed by atoms with Crippen molar-refractivity contribution in [2.75, 3.05) is 0 Å². The summed E-state index contributed by atoms with van der Waals surface area (Å²) in [6, 6.07) is 4.98. The quantitative estimate of drug-likeness (QED) is 0.840. The van der Waals surface area contributed by atoms with Crippen LogP contribution in [0.15, 0.2) is 22.8 Å².